The van der Waals surface area contributed by atoms with Crippen molar-refractivity contribution >= 4 is 5.91 Å². The molecule has 2 saturated heterocycles. The monoisotopic (exact) mass is 288 g/mol. The normalized spacial score (nSPS) is 24.0. The van der Waals surface area contributed by atoms with Crippen molar-refractivity contribution < 1.29 is 9.53 Å². The molecule has 0 N–H and O–H groups in total. The fraction of sp³-hybridized carbons (Fsp3) is 0.588. The largest absolute Gasteiger partial charge is 0.379 e. The van der Waals surface area contributed by atoms with E-state index in [0.717, 1.165) is 51.4 Å². The Kier molecular flexibility index (Phi) is 4.56. The third-order valence-electron chi connectivity index (χ3n) is 4.54. The lowest BCUT2D eigenvalue weighted by atomic mass is 10.0. The van der Waals surface area contributed by atoms with Gasteiger partial charge in [0.2, 0.25) is 0 Å². The lowest BCUT2D eigenvalue weighted by molar-refractivity contribution is -0.00120. The maximum atomic E-state index is 12.6. The topological polar surface area (TPSA) is 32.8 Å². The van der Waals surface area contributed by atoms with Gasteiger partial charge in [0.1, 0.15) is 0 Å². The van der Waals surface area contributed by atoms with Crippen LogP contribution in [0, 0.1) is 6.92 Å². The SMILES string of the molecule is Cc1ccc(C(=O)N2CCCC(N3CCOCC3)C2)cc1. The van der Waals surface area contributed by atoms with E-state index in [4.69, 9.17) is 4.74 Å². The van der Waals surface area contributed by atoms with Crippen LogP contribution in [0.1, 0.15) is 28.8 Å². The number of amides is 1. The summed E-state index contributed by atoms with van der Waals surface area (Å²) in [5.74, 6) is 0.174. The van der Waals surface area contributed by atoms with E-state index in [2.05, 4.69) is 4.90 Å². The van der Waals surface area contributed by atoms with Crippen LogP contribution in [-0.4, -0.2) is 61.1 Å². The number of aryl methyl sites for hydroxylation is 1. The average molecular weight is 288 g/mol. The molecule has 114 valence electrons. The van der Waals surface area contributed by atoms with Crippen molar-refractivity contribution in [2.45, 2.75) is 25.8 Å². The van der Waals surface area contributed by atoms with Crippen molar-refractivity contribution in [3.05, 3.63) is 35.4 Å². The molecule has 2 aliphatic heterocycles. The highest BCUT2D eigenvalue weighted by atomic mass is 16.5. The molecule has 0 radical (unpaired) electrons. The fourth-order valence-electron chi connectivity index (χ4n) is 3.26. The predicted octanol–water partition coefficient (Wildman–Crippen LogP) is 1.93. The Hall–Kier alpha value is -1.39. The molecule has 1 aromatic rings. The van der Waals surface area contributed by atoms with Gasteiger partial charge in [0.15, 0.2) is 0 Å². The third-order valence-corrected chi connectivity index (χ3v) is 4.54. The second-order valence-corrected chi connectivity index (χ2v) is 6.06. The van der Waals surface area contributed by atoms with E-state index in [-0.39, 0.29) is 5.91 Å². The molecular formula is C17H24N2O2. The summed E-state index contributed by atoms with van der Waals surface area (Å²) in [6.45, 7) is 7.42. The zero-order valence-corrected chi connectivity index (χ0v) is 12.8. The summed E-state index contributed by atoms with van der Waals surface area (Å²) >= 11 is 0. The molecule has 1 aromatic carbocycles. The predicted molar refractivity (Wildman–Crippen MR) is 82.5 cm³/mol. The van der Waals surface area contributed by atoms with E-state index in [9.17, 15) is 4.79 Å². The van der Waals surface area contributed by atoms with E-state index < -0.39 is 0 Å². The lowest BCUT2D eigenvalue weighted by Gasteiger charge is -2.40. The Balaban J connectivity index is 1.64. The molecule has 1 atom stereocenters. The highest BCUT2D eigenvalue weighted by Gasteiger charge is 2.29. The first-order chi connectivity index (χ1) is 10.2. The van der Waals surface area contributed by atoms with Gasteiger partial charge in [-0.05, 0) is 31.9 Å². The molecule has 21 heavy (non-hydrogen) atoms. The van der Waals surface area contributed by atoms with Crippen LogP contribution in [0.15, 0.2) is 24.3 Å². The summed E-state index contributed by atoms with van der Waals surface area (Å²) in [7, 11) is 0. The first kappa shape index (κ1) is 14.5. The van der Waals surface area contributed by atoms with Crippen molar-refractivity contribution in [1.29, 1.82) is 0 Å². The summed E-state index contributed by atoms with van der Waals surface area (Å²) in [6.07, 6.45) is 2.29. The van der Waals surface area contributed by atoms with Crippen molar-refractivity contribution in [3.8, 4) is 0 Å². The first-order valence-electron chi connectivity index (χ1n) is 7.92. The average Bonchev–Trinajstić information content (AvgIpc) is 2.56. The molecule has 2 heterocycles. The highest BCUT2D eigenvalue weighted by Crippen LogP contribution is 2.19. The lowest BCUT2D eigenvalue weighted by Crippen LogP contribution is -2.52. The molecule has 1 unspecified atom stereocenters. The van der Waals surface area contributed by atoms with E-state index in [1.807, 2.05) is 36.1 Å². The van der Waals surface area contributed by atoms with Gasteiger partial charge < -0.3 is 9.64 Å². The summed E-state index contributed by atoms with van der Waals surface area (Å²) in [5.41, 5.74) is 2.00. The molecule has 2 aliphatic rings. The number of nitrogens with zero attached hydrogens (tertiary/aromatic N) is 2. The molecule has 2 fully saturated rings. The van der Waals surface area contributed by atoms with Crippen molar-refractivity contribution in [1.82, 2.24) is 9.80 Å². The zero-order valence-electron chi connectivity index (χ0n) is 12.8. The Morgan fingerprint density at radius 2 is 1.86 bits per heavy atom. The first-order valence-corrected chi connectivity index (χ1v) is 7.92. The molecule has 0 aromatic heterocycles. The smallest absolute Gasteiger partial charge is 0.253 e. The summed E-state index contributed by atoms with van der Waals surface area (Å²) < 4.78 is 5.42. The minimum absolute atomic E-state index is 0.174. The number of hydrogen-bond acceptors (Lipinski definition) is 3. The van der Waals surface area contributed by atoms with Crippen molar-refractivity contribution in [2.75, 3.05) is 39.4 Å². The quantitative estimate of drug-likeness (QED) is 0.833. The number of carbonyl (C=O) groups excluding carboxylic acids is 1. The van der Waals surface area contributed by atoms with Crippen LogP contribution in [-0.2, 0) is 4.74 Å². The number of rotatable bonds is 2. The summed E-state index contributed by atoms with van der Waals surface area (Å²) in [5, 5.41) is 0. The van der Waals surface area contributed by atoms with Gasteiger partial charge in [0.25, 0.3) is 5.91 Å². The van der Waals surface area contributed by atoms with Gasteiger partial charge in [-0.1, -0.05) is 17.7 Å². The fourth-order valence-corrected chi connectivity index (χ4v) is 3.26. The minimum atomic E-state index is 0.174. The standard InChI is InChI=1S/C17H24N2O2/c1-14-4-6-15(7-5-14)17(20)19-8-2-3-16(13-19)18-9-11-21-12-10-18/h4-7,16H,2-3,8-13H2,1H3. The van der Waals surface area contributed by atoms with E-state index in [0.29, 0.717) is 6.04 Å². The van der Waals surface area contributed by atoms with Crippen molar-refractivity contribution in [3.63, 3.8) is 0 Å². The molecule has 0 saturated carbocycles. The molecule has 4 nitrogen and oxygen atoms in total. The van der Waals surface area contributed by atoms with Gasteiger partial charge >= 0.3 is 0 Å². The number of carbonyl (C=O) groups is 1. The maximum Gasteiger partial charge on any atom is 0.253 e. The molecular weight excluding hydrogens is 264 g/mol. The third kappa shape index (κ3) is 3.44. The van der Waals surface area contributed by atoms with Gasteiger partial charge in [-0.3, -0.25) is 9.69 Å². The Labute approximate surface area is 126 Å². The Morgan fingerprint density at radius 1 is 1.14 bits per heavy atom. The maximum absolute atomic E-state index is 12.6. The van der Waals surface area contributed by atoms with Gasteiger partial charge in [-0.25, -0.2) is 0 Å². The zero-order chi connectivity index (χ0) is 14.7. The van der Waals surface area contributed by atoms with Crippen LogP contribution in [0.5, 0.6) is 0 Å². The van der Waals surface area contributed by atoms with E-state index in [1.54, 1.807) is 0 Å². The molecule has 3 rings (SSSR count). The van der Waals surface area contributed by atoms with Crippen molar-refractivity contribution in [2.24, 2.45) is 0 Å². The molecule has 0 aliphatic carbocycles. The van der Waals surface area contributed by atoms with Crippen LogP contribution >= 0.6 is 0 Å². The minimum Gasteiger partial charge on any atom is -0.379 e. The van der Waals surface area contributed by atoms with E-state index >= 15 is 0 Å². The number of likely N-dealkylation sites (tertiary alicyclic amines) is 1. The van der Waals surface area contributed by atoms with Crippen LogP contribution < -0.4 is 0 Å². The number of ether oxygens (including phenoxy) is 1. The number of benzene rings is 1. The second kappa shape index (κ2) is 6.58. The summed E-state index contributed by atoms with van der Waals surface area (Å²) in [4.78, 5) is 17.1. The van der Waals surface area contributed by atoms with Gasteiger partial charge in [-0.2, -0.15) is 0 Å². The molecule has 1 amide bonds. The number of morpholine rings is 1. The van der Waals surface area contributed by atoms with Crippen LogP contribution in [0.25, 0.3) is 0 Å². The molecule has 0 bridgehead atoms. The highest BCUT2D eigenvalue weighted by molar-refractivity contribution is 5.94. The van der Waals surface area contributed by atoms with Gasteiger partial charge in [0, 0.05) is 37.8 Å². The van der Waals surface area contributed by atoms with Crippen LogP contribution in [0.3, 0.4) is 0 Å². The van der Waals surface area contributed by atoms with Crippen LogP contribution in [0.2, 0.25) is 0 Å². The summed E-state index contributed by atoms with van der Waals surface area (Å²) in [6, 6.07) is 8.40. The molecule has 4 heteroatoms. The Morgan fingerprint density at radius 3 is 2.57 bits per heavy atom. The Bertz CT molecular complexity index is 480. The second-order valence-electron chi connectivity index (χ2n) is 6.06. The van der Waals surface area contributed by atoms with E-state index in [1.165, 1.54) is 12.0 Å². The van der Waals surface area contributed by atoms with Gasteiger partial charge in [0.05, 0.1) is 13.2 Å². The van der Waals surface area contributed by atoms with Gasteiger partial charge in [-0.15, -0.1) is 0 Å². The molecule has 0 spiro atoms. The van der Waals surface area contributed by atoms with Crippen LogP contribution in [0.4, 0.5) is 0 Å². The number of hydrogen-bond donors (Lipinski definition) is 0. The number of piperidine rings is 1.